The van der Waals surface area contributed by atoms with E-state index in [1.807, 2.05) is 38.1 Å². The van der Waals surface area contributed by atoms with Crippen LogP contribution in [0.4, 0.5) is 0 Å². The molecule has 0 saturated carbocycles. The number of benzene rings is 2. The van der Waals surface area contributed by atoms with Crippen LogP contribution >= 0.6 is 0 Å². The van der Waals surface area contributed by atoms with E-state index >= 15 is 0 Å². The summed E-state index contributed by atoms with van der Waals surface area (Å²) in [6.07, 6.45) is 1.63. The average molecular weight is 495 g/mol. The summed E-state index contributed by atoms with van der Waals surface area (Å²) < 4.78 is 11.2. The molecule has 7 heteroatoms. The number of aliphatic hydroxyl groups is 1. The number of aliphatic hydroxyl groups excluding tert-OH is 1. The molecule has 0 bridgehead atoms. The number of carbonyl (C=O) groups excluding carboxylic acids is 2. The first-order chi connectivity index (χ1) is 17.4. The van der Waals surface area contributed by atoms with Gasteiger partial charge in [-0.2, -0.15) is 0 Å². The number of likely N-dealkylation sites (tertiary alicyclic amines) is 1. The molecule has 36 heavy (non-hydrogen) atoms. The monoisotopic (exact) mass is 494 g/mol. The van der Waals surface area contributed by atoms with Gasteiger partial charge in [0.15, 0.2) is 0 Å². The number of Topliss-reactive ketones (excluding diaryl/α,β-unsaturated/α-hetero) is 1. The highest BCUT2D eigenvalue weighted by Gasteiger charge is 2.45. The van der Waals surface area contributed by atoms with Gasteiger partial charge in [-0.1, -0.05) is 32.9 Å². The summed E-state index contributed by atoms with van der Waals surface area (Å²) in [5.41, 5.74) is 1.33. The molecule has 1 fully saturated rings. The molecular weight excluding hydrogens is 456 g/mol. The molecule has 194 valence electrons. The highest BCUT2D eigenvalue weighted by Crippen LogP contribution is 2.40. The molecule has 0 aromatic heterocycles. The fourth-order valence-corrected chi connectivity index (χ4v) is 4.46. The number of ketones is 1. The van der Waals surface area contributed by atoms with E-state index in [0.29, 0.717) is 31.1 Å². The second-order valence-electron chi connectivity index (χ2n) is 8.75. The fourth-order valence-electron chi connectivity index (χ4n) is 4.46. The van der Waals surface area contributed by atoms with Gasteiger partial charge >= 0.3 is 0 Å². The third kappa shape index (κ3) is 6.26. The van der Waals surface area contributed by atoms with Crippen molar-refractivity contribution >= 4 is 17.4 Å². The Bertz CT molecular complexity index is 1040. The third-order valence-electron chi connectivity index (χ3n) is 6.42. The van der Waals surface area contributed by atoms with Gasteiger partial charge in [0, 0.05) is 12.1 Å². The summed E-state index contributed by atoms with van der Waals surface area (Å²) in [7, 11) is 0. The highest BCUT2D eigenvalue weighted by atomic mass is 16.5. The molecule has 1 atom stereocenters. The number of carbonyl (C=O) groups is 2. The molecule has 1 saturated heterocycles. The number of amides is 1. The minimum Gasteiger partial charge on any atom is -0.507 e. The predicted molar refractivity (Wildman–Crippen MR) is 141 cm³/mol. The number of nitrogens with zero attached hydrogens (tertiary/aromatic N) is 2. The number of rotatable bonds is 13. The van der Waals surface area contributed by atoms with Crippen LogP contribution in [-0.2, 0) is 9.59 Å². The van der Waals surface area contributed by atoms with Gasteiger partial charge < -0.3 is 24.4 Å². The highest BCUT2D eigenvalue weighted by molar-refractivity contribution is 6.46. The Balaban J connectivity index is 1.98. The molecule has 1 aliphatic rings. The molecule has 1 amide bonds. The van der Waals surface area contributed by atoms with E-state index in [2.05, 4.69) is 18.7 Å². The van der Waals surface area contributed by atoms with Gasteiger partial charge in [-0.25, -0.2) is 0 Å². The van der Waals surface area contributed by atoms with E-state index in [9.17, 15) is 14.7 Å². The minimum atomic E-state index is -0.673. The molecule has 2 aromatic rings. The lowest BCUT2D eigenvalue weighted by atomic mass is 9.95. The smallest absolute Gasteiger partial charge is 0.295 e. The molecule has 1 N–H and O–H groups in total. The van der Waals surface area contributed by atoms with E-state index in [1.165, 1.54) is 0 Å². The van der Waals surface area contributed by atoms with Crippen molar-refractivity contribution in [1.82, 2.24) is 9.80 Å². The second-order valence-corrected chi connectivity index (χ2v) is 8.75. The normalized spacial score (nSPS) is 17.1. The van der Waals surface area contributed by atoms with Gasteiger partial charge in [-0.05, 0) is 81.4 Å². The first-order valence-corrected chi connectivity index (χ1v) is 12.9. The van der Waals surface area contributed by atoms with Crippen LogP contribution in [0.5, 0.6) is 11.5 Å². The Morgan fingerprint density at radius 3 is 2.11 bits per heavy atom. The lowest BCUT2D eigenvalue weighted by Gasteiger charge is -2.27. The van der Waals surface area contributed by atoms with Crippen molar-refractivity contribution in [3.63, 3.8) is 0 Å². The zero-order chi connectivity index (χ0) is 26.1. The zero-order valence-corrected chi connectivity index (χ0v) is 21.8. The van der Waals surface area contributed by atoms with E-state index in [0.717, 1.165) is 43.8 Å². The Hall–Kier alpha value is -3.32. The maximum Gasteiger partial charge on any atom is 0.295 e. The van der Waals surface area contributed by atoms with Gasteiger partial charge in [0.25, 0.3) is 11.7 Å². The van der Waals surface area contributed by atoms with Crippen molar-refractivity contribution in [2.45, 2.75) is 46.6 Å². The third-order valence-corrected chi connectivity index (χ3v) is 6.42. The van der Waals surface area contributed by atoms with Crippen LogP contribution in [0.2, 0.25) is 0 Å². The molecule has 0 radical (unpaired) electrons. The fraction of sp³-hybridized carbons (Fsp3) is 0.448. The maximum absolute atomic E-state index is 13.2. The average Bonchev–Trinajstić information content (AvgIpc) is 3.15. The van der Waals surface area contributed by atoms with E-state index in [1.54, 1.807) is 29.2 Å². The SMILES string of the molecule is CCCOc1ccc([C@@H]2C(=C(O)c3ccc(OCC)cc3)C(=O)C(=O)N2CCCN(CC)CC)cc1. The van der Waals surface area contributed by atoms with Crippen LogP contribution in [-0.4, -0.2) is 66.0 Å². The van der Waals surface area contributed by atoms with Gasteiger partial charge in [0.2, 0.25) is 0 Å². The summed E-state index contributed by atoms with van der Waals surface area (Å²) in [5, 5.41) is 11.2. The summed E-state index contributed by atoms with van der Waals surface area (Å²) in [4.78, 5) is 30.3. The molecule has 0 spiro atoms. The van der Waals surface area contributed by atoms with E-state index < -0.39 is 17.7 Å². The Morgan fingerprint density at radius 2 is 1.53 bits per heavy atom. The van der Waals surface area contributed by atoms with Crippen LogP contribution < -0.4 is 9.47 Å². The number of ether oxygens (including phenoxy) is 2. The van der Waals surface area contributed by atoms with Crippen LogP contribution in [0.25, 0.3) is 5.76 Å². The molecular formula is C29H38N2O5. The second kappa shape index (κ2) is 13.1. The van der Waals surface area contributed by atoms with Gasteiger partial charge in [-0.3, -0.25) is 9.59 Å². The van der Waals surface area contributed by atoms with Crippen molar-refractivity contribution in [3.05, 3.63) is 65.2 Å². The summed E-state index contributed by atoms with van der Waals surface area (Å²) in [6, 6.07) is 13.6. The Morgan fingerprint density at radius 1 is 0.917 bits per heavy atom. The summed E-state index contributed by atoms with van der Waals surface area (Å²) in [6.45, 7) is 12.4. The molecule has 7 nitrogen and oxygen atoms in total. The van der Waals surface area contributed by atoms with Crippen molar-refractivity contribution in [2.75, 3.05) is 39.4 Å². The molecule has 1 heterocycles. The number of hydrogen-bond acceptors (Lipinski definition) is 6. The van der Waals surface area contributed by atoms with Crippen molar-refractivity contribution in [2.24, 2.45) is 0 Å². The molecule has 2 aromatic carbocycles. The van der Waals surface area contributed by atoms with Crippen molar-refractivity contribution in [3.8, 4) is 11.5 Å². The van der Waals surface area contributed by atoms with E-state index in [4.69, 9.17) is 9.47 Å². The minimum absolute atomic E-state index is 0.106. The Labute approximate surface area is 214 Å². The van der Waals surface area contributed by atoms with E-state index in [-0.39, 0.29) is 11.3 Å². The van der Waals surface area contributed by atoms with Crippen LogP contribution in [0.15, 0.2) is 54.1 Å². The first-order valence-electron chi connectivity index (χ1n) is 12.9. The van der Waals surface area contributed by atoms with Gasteiger partial charge in [0.05, 0.1) is 24.8 Å². The maximum atomic E-state index is 13.2. The summed E-state index contributed by atoms with van der Waals surface area (Å²) >= 11 is 0. The molecule has 0 aliphatic carbocycles. The van der Waals surface area contributed by atoms with Crippen molar-refractivity contribution in [1.29, 1.82) is 0 Å². The first kappa shape index (κ1) is 27.3. The predicted octanol–water partition coefficient (Wildman–Crippen LogP) is 5.03. The van der Waals surface area contributed by atoms with Gasteiger partial charge in [-0.15, -0.1) is 0 Å². The van der Waals surface area contributed by atoms with Crippen LogP contribution in [0, 0.1) is 0 Å². The summed E-state index contributed by atoms with van der Waals surface area (Å²) in [5.74, 6) is -0.0338. The molecule has 3 rings (SSSR count). The van der Waals surface area contributed by atoms with Crippen LogP contribution in [0.3, 0.4) is 0 Å². The lowest BCUT2D eigenvalue weighted by Crippen LogP contribution is -2.33. The zero-order valence-electron chi connectivity index (χ0n) is 21.8. The quantitative estimate of drug-likeness (QED) is 0.239. The lowest BCUT2D eigenvalue weighted by molar-refractivity contribution is -0.140. The number of hydrogen-bond donors (Lipinski definition) is 1. The topological polar surface area (TPSA) is 79.3 Å². The Kier molecular flexibility index (Phi) is 9.94. The van der Waals surface area contributed by atoms with Crippen LogP contribution in [0.1, 0.15) is 57.7 Å². The molecule has 1 aliphatic heterocycles. The largest absolute Gasteiger partial charge is 0.507 e. The molecule has 0 unspecified atom stereocenters. The standard InChI is InChI=1S/C29H38N2O5/c1-5-20-36-24-14-10-21(11-15-24)26-25(27(32)22-12-16-23(17-13-22)35-8-4)28(33)29(34)31(26)19-9-18-30(6-2)7-3/h10-17,26,32H,5-9,18-20H2,1-4H3/t26-/m1/s1. The van der Waals surface area contributed by atoms with Crippen molar-refractivity contribution < 1.29 is 24.2 Å². The van der Waals surface area contributed by atoms with Gasteiger partial charge in [0.1, 0.15) is 17.3 Å².